The van der Waals surface area contributed by atoms with Crippen LogP contribution in [0.25, 0.3) is 0 Å². The topological polar surface area (TPSA) is 40.5 Å². The fourth-order valence-corrected chi connectivity index (χ4v) is 4.30. The van der Waals surface area contributed by atoms with E-state index >= 15 is 0 Å². The molecule has 1 heterocycles. The molecule has 3 heteroatoms. The van der Waals surface area contributed by atoms with E-state index in [1.165, 1.54) is 5.56 Å². The lowest BCUT2D eigenvalue weighted by Crippen LogP contribution is -2.54. The molecule has 2 aromatic carbocycles. The lowest BCUT2D eigenvalue weighted by atomic mass is 9.78. The average Bonchev–Trinajstić information content (AvgIpc) is 3.46. The zero-order valence-electron chi connectivity index (χ0n) is 15.4. The zero-order valence-corrected chi connectivity index (χ0v) is 15.4. The van der Waals surface area contributed by atoms with Crippen LogP contribution in [0, 0.1) is 5.92 Å². The summed E-state index contributed by atoms with van der Waals surface area (Å²) in [7, 11) is 0. The summed E-state index contributed by atoms with van der Waals surface area (Å²) in [4.78, 5) is 15.3. The quantitative estimate of drug-likeness (QED) is 0.917. The molecule has 1 amide bonds. The van der Waals surface area contributed by atoms with Crippen molar-refractivity contribution in [1.29, 1.82) is 0 Å². The van der Waals surface area contributed by atoms with Gasteiger partial charge >= 0.3 is 0 Å². The van der Waals surface area contributed by atoms with E-state index in [1.54, 1.807) is 0 Å². The van der Waals surface area contributed by atoms with Gasteiger partial charge in [-0.3, -0.25) is 4.79 Å². The number of benzene rings is 2. The Labute approximate surface area is 155 Å². The fourth-order valence-electron chi connectivity index (χ4n) is 4.30. The largest absolute Gasteiger partial charge is 0.390 e. The van der Waals surface area contributed by atoms with E-state index in [0.29, 0.717) is 19.5 Å². The van der Waals surface area contributed by atoms with Gasteiger partial charge in [-0.25, -0.2) is 0 Å². The Morgan fingerprint density at radius 2 is 1.65 bits per heavy atom. The van der Waals surface area contributed by atoms with Crippen LogP contribution in [0.4, 0.5) is 0 Å². The van der Waals surface area contributed by atoms with Crippen molar-refractivity contribution in [1.82, 2.24) is 4.90 Å². The molecule has 2 fully saturated rings. The second-order valence-electron chi connectivity index (χ2n) is 8.19. The number of carbonyl (C=O) groups excluding carboxylic acids is 1. The van der Waals surface area contributed by atoms with E-state index < -0.39 is 5.60 Å². The van der Waals surface area contributed by atoms with Gasteiger partial charge in [0, 0.05) is 19.0 Å². The van der Waals surface area contributed by atoms with E-state index in [1.807, 2.05) is 48.2 Å². The highest BCUT2D eigenvalue weighted by Gasteiger charge is 2.54. The van der Waals surface area contributed by atoms with Crippen molar-refractivity contribution >= 4 is 5.91 Å². The third-order valence-electron chi connectivity index (χ3n) is 6.31. The normalized spacial score (nSPS) is 27.2. The van der Waals surface area contributed by atoms with Gasteiger partial charge in [-0.2, -0.15) is 0 Å². The van der Waals surface area contributed by atoms with Crippen molar-refractivity contribution in [3.63, 3.8) is 0 Å². The molecule has 1 N–H and O–H groups in total. The Balaban J connectivity index is 1.52. The van der Waals surface area contributed by atoms with Crippen LogP contribution in [0.2, 0.25) is 0 Å². The number of piperidine rings is 1. The molecule has 0 aromatic heterocycles. The van der Waals surface area contributed by atoms with Gasteiger partial charge in [-0.05, 0) is 43.7 Å². The molecule has 0 bridgehead atoms. The molecular weight excluding hydrogens is 322 g/mol. The van der Waals surface area contributed by atoms with Gasteiger partial charge in [0.05, 0.1) is 11.0 Å². The summed E-state index contributed by atoms with van der Waals surface area (Å²) in [5, 5.41) is 10.9. The van der Waals surface area contributed by atoms with Crippen LogP contribution in [0.1, 0.15) is 37.3 Å². The minimum atomic E-state index is -0.726. The molecule has 0 spiro atoms. The number of rotatable bonds is 4. The Morgan fingerprint density at radius 1 is 1.04 bits per heavy atom. The lowest BCUT2D eigenvalue weighted by molar-refractivity contribution is -0.141. The zero-order chi connectivity index (χ0) is 18.2. The molecule has 1 saturated carbocycles. The summed E-state index contributed by atoms with van der Waals surface area (Å²) in [5.74, 6) is 0.312. The number of carbonyl (C=O) groups is 1. The molecule has 2 aromatic rings. The van der Waals surface area contributed by atoms with Gasteiger partial charge in [-0.15, -0.1) is 0 Å². The van der Waals surface area contributed by atoms with Gasteiger partial charge in [0.1, 0.15) is 0 Å². The summed E-state index contributed by atoms with van der Waals surface area (Å²) in [6.07, 6.45) is 3.31. The van der Waals surface area contributed by atoms with Crippen molar-refractivity contribution in [3.05, 3.63) is 71.8 Å². The van der Waals surface area contributed by atoms with Crippen molar-refractivity contribution < 1.29 is 9.90 Å². The van der Waals surface area contributed by atoms with E-state index in [4.69, 9.17) is 0 Å². The lowest BCUT2D eigenvalue weighted by Gasteiger charge is -2.44. The number of hydrogen-bond donors (Lipinski definition) is 1. The van der Waals surface area contributed by atoms with Gasteiger partial charge in [0.15, 0.2) is 0 Å². The highest BCUT2D eigenvalue weighted by molar-refractivity contribution is 5.91. The van der Waals surface area contributed by atoms with E-state index in [-0.39, 0.29) is 17.2 Å². The molecule has 136 valence electrons. The van der Waals surface area contributed by atoms with Crippen molar-refractivity contribution in [2.45, 2.75) is 43.6 Å². The van der Waals surface area contributed by atoms with Gasteiger partial charge in [0.25, 0.3) is 0 Å². The minimum absolute atomic E-state index is 0.0640. The van der Waals surface area contributed by atoms with Crippen molar-refractivity contribution in [2.24, 2.45) is 5.92 Å². The Hall–Kier alpha value is -2.13. The van der Waals surface area contributed by atoms with Gasteiger partial charge in [0.2, 0.25) is 5.91 Å². The van der Waals surface area contributed by atoms with Crippen LogP contribution in [-0.4, -0.2) is 34.6 Å². The highest BCUT2D eigenvalue weighted by atomic mass is 16.3. The monoisotopic (exact) mass is 349 g/mol. The molecule has 1 aliphatic carbocycles. The van der Waals surface area contributed by atoms with Crippen LogP contribution >= 0.6 is 0 Å². The van der Waals surface area contributed by atoms with Crippen LogP contribution < -0.4 is 0 Å². The standard InChI is InChI=1S/C23H27NO2/c1-22(26)14-15-24(17-20(22)16-18-8-4-2-5-9-18)21(25)23(12-13-23)19-10-6-3-7-11-19/h2-11,20,26H,12-17H2,1H3/t20-,22+/m0/s1. The van der Waals surface area contributed by atoms with E-state index in [9.17, 15) is 9.90 Å². The predicted molar refractivity (Wildman–Crippen MR) is 103 cm³/mol. The van der Waals surface area contributed by atoms with Gasteiger partial charge < -0.3 is 10.0 Å². The fraction of sp³-hybridized carbons (Fsp3) is 0.435. The van der Waals surface area contributed by atoms with Crippen LogP contribution in [-0.2, 0) is 16.6 Å². The third-order valence-corrected chi connectivity index (χ3v) is 6.31. The Bertz CT molecular complexity index is 765. The molecule has 3 nitrogen and oxygen atoms in total. The summed E-state index contributed by atoms with van der Waals surface area (Å²) < 4.78 is 0. The first kappa shape index (κ1) is 17.3. The first-order valence-corrected chi connectivity index (χ1v) is 9.62. The Morgan fingerprint density at radius 3 is 2.27 bits per heavy atom. The molecule has 1 saturated heterocycles. The molecular formula is C23H27NO2. The van der Waals surface area contributed by atoms with E-state index in [0.717, 1.165) is 24.8 Å². The van der Waals surface area contributed by atoms with E-state index in [2.05, 4.69) is 24.3 Å². The molecule has 2 aliphatic rings. The first-order chi connectivity index (χ1) is 12.5. The first-order valence-electron chi connectivity index (χ1n) is 9.62. The Kier molecular flexibility index (Phi) is 4.36. The molecule has 2 atom stereocenters. The number of hydrogen-bond acceptors (Lipinski definition) is 2. The van der Waals surface area contributed by atoms with Crippen molar-refractivity contribution in [2.75, 3.05) is 13.1 Å². The summed E-state index contributed by atoms with van der Waals surface area (Å²) in [6, 6.07) is 20.5. The van der Waals surface area contributed by atoms with Crippen LogP contribution in [0.15, 0.2) is 60.7 Å². The molecule has 0 radical (unpaired) electrons. The molecule has 1 aliphatic heterocycles. The van der Waals surface area contributed by atoms with Gasteiger partial charge in [-0.1, -0.05) is 60.7 Å². The third kappa shape index (κ3) is 3.16. The molecule has 4 rings (SSSR count). The molecule has 26 heavy (non-hydrogen) atoms. The second-order valence-corrected chi connectivity index (χ2v) is 8.19. The van der Waals surface area contributed by atoms with Crippen LogP contribution in [0.5, 0.6) is 0 Å². The summed E-state index contributed by atoms with van der Waals surface area (Å²) in [6.45, 7) is 3.20. The maximum Gasteiger partial charge on any atom is 0.233 e. The maximum atomic E-state index is 13.3. The summed E-state index contributed by atoms with van der Waals surface area (Å²) in [5.41, 5.74) is 1.32. The predicted octanol–water partition coefficient (Wildman–Crippen LogP) is 3.56. The van der Waals surface area contributed by atoms with Crippen molar-refractivity contribution in [3.8, 4) is 0 Å². The number of aliphatic hydroxyl groups is 1. The number of nitrogens with zero attached hydrogens (tertiary/aromatic N) is 1. The number of amides is 1. The van der Waals surface area contributed by atoms with Crippen LogP contribution in [0.3, 0.4) is 0 Å². The number of likely N-dealkylation sites (tertiary alicyclic amines) is 1. The average molecular weight is 349 g/mol. The maximum absolute atomic E-state index is 13.3. The minimum Gasteiger partial charge on any atom is -0.390 e. The molecule has 0 unspecified atom stereocenters. The highest BCUT2D eigenvalue weighted by Crippen LogP contribution is 2.50. The smallest absolute Gasteiger partial charge is 0.233 e. The second kappa shape index (κ2) is 6.55. The SMILES string of the molecule is C[C@@]1(O)CCN(C(=O)C2(c3ccccc3)CC2)C[C@@H]1Cc1ccccc1. The summed E-state index contributed by atoms with van der Waals surface area (Å²) >= 11 is 0.